The van der Waals surface area contributed by atoms with Crippen LogP contribution in [-0.2, 0) is 9.47 Å². The van der Waals surface area contributed by atoms with Crippen LogP contribution < -0.4 is 0 Å². The molecule has 0 amide bonds. The first kappa shape index (κ1) is 7.43. The smallest absolute Gasteiger partial charge is 0.246 e. The molecule has 0 aromatic heterocycles. The SMILES string of the molecule is FC(F)C1COC2CCOC21. The second kappa shape index (κ2) is 2.68. The molecule has 2 aliphatic rings. The first-order valence-electron chi connectivity index (χ1n) is 3.80. The molecule has 3 atom stereocenters. The summed E-state index contributed by atoms with van der Waals surface area (Å²) in [5.41, 5.74) is 0. The molecule has 4 heteroatoms. The van der Waals surface area contributed by atoms with Crippen LogP contribution in [0.1, 0.15) is 6.42 Å². The third kappa shape index (κ3) is 1.14. The number of ether oxygens (including phenoxy) is 2. The third-order valence-electron chi connectivity index (χ3n) is 2.33. The zero-order chi connectivity index (χ0) is 7.84. The molecule has 0 spiro atoms. The Kier molecular flexibility index (Phi) is 1.81. The van der Waals surface area contributed by atoms with Gasteiger partial charge in [0, 0.05) is 6.61 Å². The summed E-state index contributed by atoms with van der Waals surface area (Å²) in [6.45, 7) is 0.728. The van der Waals surface area contributed by atoms with Gasteiger partial charge in [-0.3, -0.25) is 0 Å². The molecule has 2 heterocycles. The van der Waals surface area contributed by atoms with Crippen molar-refractivity contribution >= 4 is 0 Å². The maximum Gasteiger partial charge on any atom is 0.246 e. The lowest BCUT2D eigenvalue weighted by Gasteiger charge is -2.13. The molecule has 2 saturated heterocycles. The first-order chi connectivity index (χ1) is 5.29. The summed E-state index contributed by atoms with van der Waals surface area (Å²) in [6.07, 6.45) is -1.93. The molecule has 0 aliphatic carbocycles. The summed E-state index contributed by atoms with van der Waals surface area (Å²) in [4.78, 5) is 0. The van der Waals surface area contributed by atoms with Gasteiger partial charge in [-0.05, 0) is 6.42 Å². The lowest BCUT2D eigenvalue weighted by Crippen LogP contribution is -2.27. The minimum atomic E-state index is -2.30. The van der Waals surface area contributed by atoms with Gasteiger partial charge in [0.1, 0.15) is 0 Å². The van der Waals surface area contributed by atoms with E-state index in [0.717, 1.165) is 6.42 Å². The van der Waals surface area contributed by atoms with Crippen molar-refractivity contribution < 1.29 is 18.3 Å². The quantitative estimate of drug-likeness (QED) is 0.576. The fourth-order valence-electron chi connectivity index (χ4n) is 1.72. The van der Waals surface area contributed by atoms with Crippen LogP contribution in [0.4, 0.5) is 8.78 Å². The van der Waals surface area contributed by atoms with Gasteiger partial charge in [-0.25, -0.2) is 8.78 Å². The topological polar surface area (TPSA) is 18.5 Å². The summed E-state index contributed by atoms with van der Waals surface area (Å²) in [5.74, 6) is -0.692. The third-order valence-corrected chi connectivity index (χ3v) is 2.33. The van der Waals surface area contributed by atoms with Gasteiger partial charge in [-0.2, -0.15) is 0 Å². The monoisotopic (exact) mass is 164 g/mol. The van der Waals surface area contributed by atoms with Crippen molar-refractivity contribution in [3.8, 4) is 0 Å². The molecule has 2 rings (SSSR count). The zero-order valence-corrected chi connectivity index (χ0v) is 6.00. The molecule has 0 radical (unpaired) electrons. The van der Waals surface area contributed by atoms with E-state index < -0.39 is 12.3 Å². The predicted molar refractivity (Wildman–Crippen MR) is 33.6 cm³/mol. The van der Waals surface area contributed by atoms with Gasteiger partial charge in [0.25, 0.3) is 0 Å². The van der Waals surface area contributed by atoms with E-state index in [2.05, 4.69) is 0 Å². The Balaban J connectivity index is 2.03. The van der Waals surface area contributed by atoms with Crippen LogP contribution in [0.25, 0.3) is 0 Å². The average molecular weight is 164 g/mol. The van der Waals surface area contributed by atoms with E-state index in [9.17, 15) is 8.78 Å². The molecular formula is C7H10F2O2. The summed E-state index contributed by atoms with van der Waals surface area (Å²) in [5, 5.41) is 0. The van der Waals surface area contributed by atoms with E-state index in [1.165, 1.54) is 0 Å². The van der Waals surface area contributed by atoms with Crippen molar-refractivity contribution in [3.63, 3.8) is 0 Å². The van der Waals surface area contributed by atoms with Crippen LogP contribution in [0.15, 0.2) is 0 Å². The fourth-order valence-corrected chi connectivity index (χ4v) is 1.72. The lowest BCUT2D eigenvalue weighted by molar-refractivity contribution is -0.00477. The standard InChI is InChI=1S/C7H10F2O2/c8-7(9)4-3-11-5-1-2-10-6(4)5/h4-7H,1-3H2. The number of hydrogen-bond acceptors (Lipinski definition) is 2. The van der Waals surface area contributed by atoms with Crippen LogP contribution >= 0.6 is 0 Å². The summed E-state index contributed by atoms with van der Waals surface area (Å²) in [7, 11) is 0. The maximum atomic E-state index is 12.2. The normalized spacial score (nSPS) is 43.4. The number of fused-ring (bicyclic) bond motifs is 1. The number of alkyl halides is 2. The van der Waals surface area contributed by atoms with Crippen LogP contribution in [-0.4, -0.2) is 31.8 Å². The highest BCUT2D eigenvalue weighted by atomic mass is 19.3. The summed E-state index contributed by atoms with van der Waals surface area (Å²) < 4.78 is 34.7. The summed E-state index contributed by atoms with van der Waals surface area (Å²) in [6, 6.07) is 0. The van der Waals surface area contributed by atoms with Crippen molar-refractivity contribution in [1.29, 1.82) is 0 Å². The van der Waals surface area contributed by atoms with E-state index in [-0.39, 0.29) is 18.8 Å². The van der Waals surface area contributed by atoms with Crippen molar-refractivity contribution in [2.45, 2.75) is 25.1 Å². The molecule has 0 N–H and O–H groups in total. The van der Waals surface area contributed by atoms with Crippen LogP contribution in [0.2, 0.25) is 0 Å². The van der Waals surface area contributed by atoms with Gasteiger partial charge in [-0.15, -0.1) is 0 Å². The van der Waals surface area contributed by atoms with Gasteiger partial charge in [-0.1, -0.05) is 0 Å². The lowest BCUT2D eigenvalue weighted by atomic mass is 10.0. The van der Waals surface area contributed by atoms with Crippen molar-refractivity contribution in [2.75, 3.05) is 13.2 Å². The van der Waals surface area contributed by atoms with Crippen LogP contribution in [0.3, 0.4) is 0 Å². The molecule has 2 fully saturated rings. The van der Waals surface area contributed by atoms with E-state index in [1.54, 1.807) is 0 Å². The highest BCUT2D eigenvalue weighted by molar-refractivity contribution is 4.89. The molecule has 0 aromatic rings. The van der Waals surface area contributed by atoms with E-state index in [4.69, 9.17) is 9.47 Å². The second-order valence-electron chi connectivity index (χ2n) is 2.99. The molecule has 2 aliphatic heterocycles. The molecule has 3 unspecified atom stereocenters. The number of hydrogen-bond donors (Lipinski definition) is 0. The van der Waals surface area contributed by atoms with Gasteiger partial charge in [0.15, 0.2) is 0 Å². The van der Waals surface area contributed by atoms with Crippen molar-refractivity contribution in [2.24, 2.45) is 5.92 Å². The molecule has 0 saturated carbocycles. The van der Waals surface area contributed by atoms with Gasteiger partial charge in [0.05, 0.1) is 24.7 Å². The second-order valence-corrected chi connectivity index (χ2v) is 2.99. The highest BCUT2D eigenvalue weighted by Gasteiger charge is 2.45. The maximum absolute atomic E-state index is 12.2. The Morgan fingerprint density at radius 1 is 1.27 bits per heavy atom. The number of rotatable bonds is 1. The van der Waals surface area contributed by atoms with Gasteiger partial charge in [0.2, 0.25) is 6.43 Å². The van der Waals surface area contributed by atoms with E-state index in [1.807, 2.05) is 0 Å². The van der Waals surface area contributed by atoms with Crippen LogP contribution in [0.5, 0.6) is 0 Å². The molecule has 11 heavy (non-hydrogen) atoms. The Morgan fingerprint density at radius 3 is 2.82 bits per heavy atom. The summed E-state index contributed by atoms with van der Waals surface area (Å²) >= 11 is 0. The van der Waals surface area contributed by atoms with Crippen molar-refractivity contribution in [1.82, 2.24) is 0 Å². The predicted octanol–water partition coefficient (Wildman–Crippen LogP) is 1.06. The average Bonchev–Trinajstić information content (AvgIpc) is 2.41. The molecule has 0 bridgehead atoms. The minimum Gasteiger partial charge on any atom is -0.375 e. The van der Waals surface area contributed by atoms with Crippen molar-refractivity contribution in [3.05, 3.63) is 0 Å². The Morgan fingerprint density at radius 2 is 2.09 bits per heavy atom. The zero-order valence-electron chi connectivity index (χ0n) is 6.00. The number of halogens is 2. The molecular weight excluding hydrogens is 154 g/mol. The molecule has 2 nitrogen and oxygen atoms in total. The minimum absolute atomic E-state index is 0.0611. The van der Waals surface area contributed by atoms with E-state index >= 15 is 0 Å². The molecule has 64 valence electrons. The highest BCUT2D eigenvalue weighted by Crippen LogP contribution is 2.33. The molecule has 0 aromatic carbocycles. The Labute approximate surface area is 63.5 Å². The Bertz CT molecular complexity index is 151. The first-order valence-corrected chi connectivity index (χ1v) is 3.80. The van der Waals surface area contributed by atoms with Gasteiger partial charge >= 0.3 is 0 Å². The van der Waals surface area contributed by atoms with Gasteiger partial charge < -0.3 is 9.47 Å². The largest absolute Gasteiger partial charge is 0.375 e. The van der Waals surface area contributed by atoms with E-state index in [0.29, 0.717) is 6.61 Å². The van der Waals surface area contributed by atoms with Crippen LogP contribution in [0, 0.1) is 5.92 Å². The Hall–Kier alpha value is -0.220. The fraction of sp³-hybridized carbons (Fsp3) is 1.00.